The summed E-state index contributed by atoms with van der Waals surface area (Å²) in [5.74, 6) is 1.01. The number of nitrogens with one attached hydrogen (secondary N) is 1. The summed E-state index contributed by atoms with van der Waals surface area (Å²) in [6.07, 6.45) is 1.87. The van der Waals surface area contributed by atoms with Crippen molar-refractivity contribution in [3.05, 3.63) is 57.8 Å². The number of nitrogens with zero attached hydrogens (tertiary/aromatic N) is 3. The number of methoxy groups -OCH3 is 1. The van der Waals surface area contributed by atoms with Gasteiger partial charge in [0.05, 0.1) is 35.7 Å². The lowest BCUT2D eigenvalue weighted by Crippen LogP contribution is -2.22. The second-order valence-electron chi connectivity index (χ2n) is 6.25. The number of benzene rings is 1. The zero-order valence-electron chi connectivity index (χ0n) is 15.3. The van der Waals surface area contributed by atoms with Crippen LogP contribution in [0.4, 0.5) is 0 Å². The lowest BCUT2D eigenvalue weighted by Gasteiger charge is -2.04. The third-order valence-electron chi connectivity index (χ3n) is 3.92. The Morgan fingerprint density at radius 2 is 2.00 bits per heavy atom. The van der Waals surface area contributed by atoms with Crippen molar-refractivity contribution >= 4 is 17.2 Å². The van der Waals surface area contributed by atoms with E-state index in [9.17, 15) is 4.79 Å². The Morgan fingerprint density at radius 3 is 2.62 bits per heavy atom. The molecule has 6 nitrogen and oxygen atoms in total. The number of hydrogen-bond donors (Lipinski definition) is 1. The summed E-state index contributed by atoms with van der Waals surface area (Å²) in [4.78, 5) is 17.6. The largest absolute Gasteiger partial charge is 0.497 e. The molecule has 0 aliphatic heterocycles. The van der Waals surface area contributed by atoms with Crippen molar-refractivity contribution in [3.63, 3.8) is 0 Å². The normalized spacial score (nSPS) is 11.0. The Labute approximate surface area is 156 Å². The van der Waals surface area contributed by atoms with Gasteiger partial charge in [-0.25, -0.2) is 9.67 Å². The number of ether oxygens (including phenoxy) is 1. The first-order chi connectivity index (χ1) is 12.5. The molecular formula is C19H22N4O2S. The molecule has 0 radical (unpaired) electrons. The van der Waals surface area contributed by atoms with Crippen LogP contribution in [0.15, 0.2) is 36.5 Å². The summed E-state index contributed by atoms with van der Waals surface area (Å²) in [7, 11) is 1.64. The topological polar surface area (TPSA) is 69.0 Å². The Kier molecular flexibility index (Phi) is 5.37. The Balaban J connectivity index is 1.65. The fourth-order valence-corrected chi connectivity index (χ4v) is 3.45. The summed E-state index contributed by atoms with van der Waals surface area (Å²) in [5.41, 5.74) is 2.50. The average Bonchev–Trinajstić information content (AvgIpc) is 3.26. The van der Waals surface area contributed by atoms with Crippen molar-refractivity contribution in [2.75, 3.05) is 7.11 Å². The molecule has 0 aliphatic rings. The molecular weight excluding hydrogens is 348 g/mol. The average molecular weight is 370 g/mol. The van der Waals surface area contributed by atoms with E-state index in [-0.39, 0.29) is 5.91 Å². The molecule has 1 aromatic carbocycles. The highest BCUT2D eigenvalue weighted by Crippen LogP contribution is 2.24. The summed E-state index contributed by atoms with van der Waals surface area (Å²) in [6.45, 7) is 6.39. The number of hydrogen-bond acceptors (Lipinski definition) is 5. The quantitative estimate of drug-likeness (QED) is 0.718. The van der Waals surface area contributed by atoms with E-state index in [1.54, 1.807) is 11.8 Å². The third-order valence-corrected chi connectivity index (χ3v) is 5.38. The van der Waals surface area contributed by atoms with Crippen molar-refractivity contribution < 1.29 is 9.53 Å². The lowest BCUT2D eigenvalue weighted by atomic mass is 10.2. The Bertz CT molecular complexity index is 897. The first-order valence-corrected chi connectivity index (χ1v) is 9.24. The minimum absolute atomic E-state index is 0.106. The fourth-order valence-electron chi connectivity index (χ4n) is 2.46. The maximum absolute atomic E-state index is 12.4. The summed E-state index contributed by atoms with van der Waals surface area (Å²) < 4.78 is 6.94. The molecule has 2 aromatic heterocycles. The van der Waals surface area contributed by atoms with Gasteiger partial charge in [-0.2, -0.15) is 5.10 Å². The zero-order valence-corrected chi connectivity index (χ0v) is 16.1. The van der Waals surface area contributed by atoms with Gasteiger partial charge in [-0.3, -0.25) is 4.79 Å². The molecule has 0 fully saturated rings. The van der Waals surface area contributed by atoms with E-state index in [0.29, 0.717) is 17.3 Å². The predicted molar refractivity (Wildman–Crippen MR) is 102 cm³/mol. The van der Waals surface area contributed by atoms with Gasteiger partial charge < -0.3 is 10.1 Å². The van der Waals surface area contributed by atoms with Crippen LogP contribution in [0.3, 0.4) is 0 Å². The van der Waals surface area contributed by atoms with Crippen molar-refractivity contribution in [1.29, 1.82) is 0 Å². The second-order valence-corrected chi connectivity index (χ2v) is 7.28. The van der Waals surface area contributed by atoms with E-state index in [0.717, 1.165) is 27.8 Å². The van der Waals surface area contributed by atoms with Gasteiger partial charge in [-0.05, 0) is 37.3 Å². The number of carbonyl (C=O) groups is 1. The minimum Gasteiger partial charge on any atom is -0.497 e. The first-order valence-electron chi connectivity index (χ1n) is 8.42. The van der Waals surface area contributed by atoms with Crippen molar-refractivity contribution in [1.82, 2.24) is 20.1 Å². The molecule has 0 spiro atoms. The van der Waals surface area contributed by atoms with Crippen LogP contribution in [0.1, 0.15) is 45.8 Å². The molecule has 0 aliphatic carbocycles. The van der Waals surface area contributed by atoms with E-state index < -0.39 is 0 Å². The fraction of sp³-hybridized carbons (Fsp3) is 0.316. The van der Waals surface area contributed by atoms with Crippen LogP contribution < -0.4 is 10.1 Å². The standard InChI is InChI=1S/C19H22N4O2S/c1-12(2)19-21-13(3)17(26-19)18(24)20-11-14-9-10-23(22-14)15-5-7-16(25-4)8-6-15/h5-10,12H,11H2,1-4H3,(H,20,24). The van der Waals surface area contributed by atoms with Crippen LogP contribution in [0, 0.1) is 6.92 Å². The molecule has 1 amide bonds. The Hall–Kier alpha value is -2.67. The smallest absolute Gasteiger partial charge is 0.263 e. The molecule has 2 heterocycles. The monoisotopic (exact) mass is 370 g/mol. The van der Waals surface area contributed by atoms with Gasteiger partial charge in [0.25, 0.3) is 5.91 Å². The highest BCUT2D eigenvalue weighted by Gasteiger charge is 2.16. The number of amides is 1. The SMILES string of the molecule is COc1ccc(-n2ccc(CNC(=O)c3sc(C(C)C)nc3C)n2)cc1. The summed E-state index contributed by atoms with van der Waals surface area (Å²) >= 11 is 1.46. The number of thiazole rings is 1. The number of aromatic nitrogens is 3. The Morgan fingerprint density at radius 1 is 1.27 bits per heavy atom. The predicted octanol–water partition coefficient (Wildman–Crippen LogP) is 3.70. The van der Waals surface area contributed by atoms with Crippen LogP contribution in [0.2, 0.25) is 0 Å². The van der Waals surface area contributed by atoms with E-state index in [1.165, 1.54) is 11.3 Å². The van der Waals surface area contributed by atoms with E-state index in [2.05, 4.69) is 29.2 Å². The number of carbonyl (C=O) groups excluding carboxylic acids is 1. The van der Waals surface area contributed by atoms with Gasteiger partial charge in [0.1, 0.15) is 10.6 Å². The molecule has 3 rings (SSSR count). The molecule has 0 saturated carbocycles. The highest BCUT2D eigenvalue weighted by molar-refractivity contribution is 7.13. The maximum atomic E-state index is 12.4. The van der Waals surface area contributed by atoms with Crippen molar-refractivity contribution in [2.24, 2.45) is 0 Å². The van der Waals surface area contributed by atoms with Gasteiger partial charge in [-0.1, -0.05) is 13.8 Å². The van der Waals surface area contributed by atoms with Gasteiger partial charge in [0.2, 0.25) is 0 Å². The molecule has 7 heteroatoms. The third kappa shape index (κ3) is 3.94. The van der Waals surface area contributed by atoms with Crippen LogP contribution in [0.25, 0.3) is 5.69 Å². The summed E-state index contributed by atoms with van der Waals surface area (Å²) in [5, 5.41) is 8.42. The van der Waals surface area contributed by atoms with Gasteiger partial charge >= 0.3 is 0 Å². The number of aryl methyl sites for hydroxylation is 1. The summed E-state index contributed by atoms with van der Waals surface area (Å²) in [6, 6.07) is 9.53. The molecule has 0 saturated heterocycles. The van der Waals surface area contributed by atoms with Gasteiger partial charge in [-0.15, -0.1) is 11.3 Å². The van der Waals surface area contributed by atoms with Crippen molar-refractivity contribution in [2.45, 2.75) is 33.2 Å². The molecule has 1 N–H and O–H groups in total. The van der Waals surface area contributed by atoms with Crippen LogP contribution in [0.5, 0.6) is 5.75 Å². The van der Waals surface area contributed by atoms with Crippen molar-refractivity contribution in [3.8, 4) is 11.4 Å². The minimum atomic E-state index is -0.106. The maximum Gasteiger partial charge on any atom is 0.263 e. The molecule has 0 atom stereocenters. The lowest BCUT2D eigenvalue weighted by molar-refractivity contribution is 0.0953. The van der Waals surface area contributed by atoms with E-state index in [4.69, 9.17) is 4.74 Å². The van der Waals surface area contributed by atoms with Crippen LogP contribution in [-0.2, 0) is 6.54 Å². The van der Waals surface area contributed by atoms with E-state index >= 15 is 0 Å². The number of rotatable bonds is 6. The highest BCUT2D eigenvalue weighted by atomic mass is 32.1. The van der Waals surface area contributed by atoms with Gasteiger partial charge in [0, 0.05) is 12.1 Å². The van der Waals surface area contributed by atoms with Crippen LogP contribution >= 0.6 is 11.3 Å². The molecule has 0 bridgehead atoms. The van der Waals surface area contributed by atoms with Gasteiger partial charge in [0.15, 0.2) is 0 Å². The first kappa shape index (κ1) is 18.1. The molecule has 0 unspecified atom stereocenters. The molecule has 3 aromatic rings. The molecule has 136 valence electrons. The second kappa shape index (κ2) is 7.70. The molecule has 26 heavy (non-hydrogen) atoms. The van der Waals surface area contributed by atoms with E-state index in [1.807, 2.05) is 43.5 Å². The van der Waals surface area contributed by atoms with Crippen LogP contribution in [-0.4, -0.2) is 27.8 Å². The zero-order chi connectivity index (χ0) is 18.7.